The molecule has 0 bridgehead atoms. The van der Waals surface area contributed by atoms with Gasteiger partial charge in [-0.05, 0) is 25.0 Å². The van der Waals surface area contributed by atoms with Crippen LogP contribution < -0.4 is 0 Å². The molecule has 0 fully saturated rings. The Balaban J connectivity index is 1.90. The predicted molar refractivity (Wildman–Crippen MR) is 80.9 cm³/mol. The van der Waals surface area contributed by atoms with Gasteiger partial charge in [-0.25, -0.2) is 0 Å². The third kappa shape index (κ3) is 4.31. The van der Waals surface area contributed by atoms with Gasteiger partial charge in [-0.15, -0.1) is 0 Å². The van der Waals surface area contributed by atoms with Crippen molar-refractivity contribution in [1.29, 1.82) is 0 Å². The molecule has 4 heteroatoms. The zero-order valence-corrected chi connectivity index (χ0v) is 12.7. The van der Waals surface area contributed by atoms with Crippen LogP contribution in [0, 0.1) is 0 Å². The van der Waals surface area contributed by atoms with Gasteiger partial charge in [-0.2, -0.15) is 0 Å². The Morgan fingerprint density at radius 1 is 0.750 bits per heavy atom. The fourth-order valence-corrected chi connectivity index (χ4v) is 2.81. The minimum Gasteiger partial charge on any atom is -0.303 e. The molecule has 0 radical (unpaired) electrons. The highest BCUT2D eigenvalue weighted by molar-refractivity contribution is 7.33. The SMILES string of the molecule is CC(O[PH](=O)OC(C)c1ccccc1)c1ccccc1. The third-order valence-electron chi connectivity index (χ3n) is 3.08. The van der Waals surface area contributed by atoms with Gasteiger partial charge in [-0.3, -0.25) is 4.57 Å². The van der Waals surface area contributed by atoms with Crippen molar-refractivity contribution in [3.8, 4) is 0 Å². The predicted octanol–water partition coefficient (Wildman–Crippen LogP) is 4.93. The monoisotopic (exact) mass is 290 g/mol. The summed E-state index contributed by atoms with van der Waals surface area (Å²) in [7, 11) is -2.53. The Morgan fingerprint density at radius 2 is 1.10 bits per heavy atom. The van der Waals surface area contributed by atoms with Gasteiger partial charge >= 0.3 is 8.25 Å². The van der Waals surface area contributed by atoms with Crippen LogP contribution in [0.15, 0.2) is 60.7 Å². The molecular weight excluding hydrogens is 271 g/mol. The van der Waals surface area contributed by atoms with Gasteiger partial charge in [0, 0.05) is 0 Å². The van der Waals surface area contributed by atoms with Gasteiger partial charge in [0.1, 0.15) is 0 Å². The van der Waals surface area contributed by atoms with E-state index in [-0.39, 0.29) is 12.2 Å². The second kappa shape index (κ2) is 7.39. The molecule has 0 heterocycles. The summed E-state index contributed by atoms with van der Waals surface area (Å²) < 4.78 is 22.9. The molecule has 0 saturated carbocycles. The molecule has 0 aliphatic heterocycles. The second-order valence-electron chi connectivity index (χ2n) is 4.59. The van der Waals surface area contributed by atoms with Crippen LogP contribution >= 0.6 is 8.25 Å². The fraction of sp³-hybridized carbons (Fsp3) is 0.250. The molecule has 20 heavy (non-hydrogen) atoms. The molecule has 2 aromatic rings. The summed E-state index contributed by atoms with van der Waals surface area (Å²) in [6, 6.07) is 19.4. The Bertz CT molecular complexity index is 493. The van der Waals surface area contributed by atoms with E-state index in [1.165, 1.54) is 0 Å². The standard InChI is InChI=1S/C16H19O3P/c1-13(15-9-5-3-6-10-15)18-20(17)19-14(2)16-11-7-4-8-12-16/h3-14,20H,1-2H3. The molecular formula is C16H19O3P. The number of hydrogen-bond acceptors (Lipinski definition) is 3. The minimum absolute atomic E-state index is 0.245. The molecule has 2 aromatic carbocycles. The van der Waals surface area contributed by atoms with Crippen LogP contribution in [0.25, 0.3) is 0 Å². The zero-order valence-electron chi connectivity index (χ0n) is 11.7. The summed E-state index contributed by atoms with van der Waals surface area (Å²) in [4.78, 5) is 0. The first kappa shape index (κ1) is 15.0. The second-order valence-corrected chi connectivity index (χ2v) is 5.56. The maximum absolute atomic E-state index is 12.0. The van der Waals surface area contributed by atoms with Crippen LogP contribution in [-0.4, -0.2) is 0 Å². The van der Waals surface area contributed by atoms with Crippen LogP contribution in [0.5, 0.6) is 0 Å². The van der Waals surface area contributed by atoms with E-state index in [1.807, 2.05) is 74.5 Å². The van der Waals surface area contributed by atoms with Crippen molar-refractivity contribution in [3.63, 3.8) is 0 Å². The summed E-state index contributed by atoms with van der Waals surface area (Å²) in [6.45, 7) is 3.74. The van der Waals surface area contributed by atoms with E-state index in [9.17, 15) is 4.57 Å². The third-order valence-corrected chi connectivity index (χ3v) is 4.18. The summed E-state index contributed by atoms with van der Waals surface area (Å²) in [5.74, 6) is 0. The topological polar surface area (TPSA) is 35.5 Å². The van der Waals surface area contributed by atoms with Crippen LogP contribution in [-0.2, 0) is 13.6 Å². The first-order valence-corrected chi connectivity index (χ1v) is 7.86. The molecule has 0 saturated heterocycles. The van der Waals surface area contributed by atoms with Crippen LogP contribution in [0.4, 0.5) is 0 Å². The maximum Gasteiger partial charge on any atom is 0.320 e. The number of rotatable bonds is 6. The largest absolute Gasteiger partial charge is 0.320 e. The van der Waals surface area contributed by atoms with Crippen molar-refractivity contribution in [2.75, 3.05) is 0 Å². The van der Waals surface area contributed by atoms with Gasteiger partial charge in [0.2, 0.25) is 0 Å². The average Bonchev–Trinajstić information content (AvgIpc) is 2.49. The molecule has 2 unspecified atom stereocenters. The molecule has 0 aromatic heterocycles. The highest BCUT2D eigenvalue weighted by Crippen LogP contribution is 2.37. The quantitative estimate of drug-likeness (QED) is 0.707. The Kier molecular flexibility index (Phi) is 5.54. The Morgan fingerprint density at radius 3 is 1.45 bits per heavy atom. The Hall–Kier alpha value is -1.41. The van der Waals surface area contributed by atoms with Gasteiger partial charge in [-0.1, -0.05) is 60.7 Å². The average molecular weight is 290 g/mol. The lowest BCUT2D eigenvalue weighted by molar-refractivity contribution is 0.146. The van der Waals surface area contributed by atoms with Gasteiger partial charge in [0.25, 0.3) is 0 Å². The van der Waals surface area contributed by atoms with Crippen molar-refractivity contribution in [2.24, 2.45) is 0 Å². The minimum atomic E-state index is -2.53. The number of benzene rings is 2. The first-order chi connectivity index (χ1) is 9.66. The van der Waals surface area contributed by atoms with E-state index in [0.29, 0.717) is 0 Å². The van der Waals surface area contributed by atoms with Crippen LogP contribution in [0.1, 0.15) is 37.2 Å². The van der Waals surface area contributed by atoms with Crippen molar-refractivity contribution in [2.45, 2.75) is 26.1 Å². The smallest absolute Gasteiger partial charge is 0.303 e. The normalized spacial score (nSPS) is 15.5. The lowest BCUT2D eigenvalue weighted by Gasteiger charge is -2.16. The van der Waals surface area contributed by atoms with E-state index < -0.39 is 8.25 Å². The molecule has 106 valence electrons. The summed E-state index contributed by atoms with van der Waals surface area (Å²) in [5, 5.41) is 0. The molecule has 2 rings (SSSR count). The zero-order chi connectivity index (χ0) is 14.4. The van der Waals surface area contributed by atoms with E-state index in [2.05, 4.69) is 0 Å². The summed E-state index contributed by atoms with van der Waals surface area (Å²) >= 11 is 0. The fourth-order valence-electron chi connectivity index (χ4n) is 1.90. The van der Waals surface area contributed by atoms with Crippen molar-refractivity contribution in [3.05, 3.63) is 71.8 Å². The molecule has 3 nitrogen and oxygen atoms in total. The summed E-state index contributed by atoms with van der Waals surface area (Å²) in [5.41, 5.74) is 1.98. The van der Waals surface area contributed by atoms with E-state index >= 15 is 0 Å². The van der Waals surface area contributed by atoms with Gasteiger partial charge in [0.05, 0.1) is 12.2 Å². The van der Waals surface area contributed by atoms with E-state index in [1.54, 1.807) is 0 Å². The van der Waals surface area contributed by atoms with Crippen molar-refractivity contribution < 1.29 is 13.6 Å². The molecule has 0 N–H and O–H groups in total. The van der Waals surface area contributed by atoms with Gasteiger partial charge < -0.3 is 9.05 Å². The highest BCUT2D eigenvalue weighted by atomic mass is 31.1. The van der Waals surface area contributed by atoms with Crippen LogP contribution in [0.2, 0.25) is 0 Å². The van der Waals surface area contributed by atoms with Crippen molar-refractivity contribution in [1.82, 2.24) is 0 Å². The summed E-state index contributed by atoms with van der Waals surface area (Å²) in [6.07, 6.45) is -0.490. The van der Waals surface area contributed by atoms with E-state index in [0.717, 1.165) is 11.1 Å². The molecule has 0 spiro atoms. The Labute approximate surface area is 120 Å². The lowest BCUT2D eigenvalue weighted by Crippen LogP contribution is -1.98. The van der Waals surface area contributed by atoms with E-state index in [4.69, 9.17) is 9.05 Å². The molecule has 2 atom stereocenters. The first-order valence-electron chi connectivity index (χ1n) is 6.64. The maximum atomic E-state index is 12.0. The molecule has 0 aliphatic rings. The van der Waals surface area contributed by atoms with Gasteiger partial charge in [0.15, 0.2) is 0 Å². The van der Waals surface area contributed by atoms with Crippen molar-refractivity contribution >= 4 is 8.25 Å². The molecule has 0 amide bonds. The molecule has 0 aliphatic carbocycles. The lowest BCUT2D eigenvalue weighted by atomic mass is 10.1. The highest BCUT2D eigenvalue weighted by Gasteiger charge is 2.14. The van der Waals surface area contributed by atoms with Crippen LogP contribution in [0.3, 0.4) is 0 Å². The number of hydrogen-bond donors (Lipinski definition) is 0.